The Balaban J connectivity index is 1.81. The van der Waals surface area contributed by atoms with E-state index in [4.69, 9.17) is 0 Å². The van der Waals surface area contributed by atoms with Crippen LogP contribution in [0.4, 0.5) is 0 Å². The summed E-state index contributed by atoms with van der Waals surface area (Å²) in [5, 5.41) is 7.54. The fourth-order valence-electron chi connectivity index (χ4n) is 3.29. The Morgan fingerprint density at radius 3 is 2.70 bits per heavy atom. The van der Waals surface area contributed by atoms with Gasteiger partial charge in [-0.3, -0.25) is 9.48 Å². The molecule has 1 aliphatic heterocycles. The number of piperidine rings is 1. The lowest BCUT2D eigenvalue weighted by atomic mass is 10.0. The lowest BCUT2D eigenvalue weighted by Crippen LogP contribution is -2.49. The van der Waals surface area contributed by atoms with Crippen molar-refractivity contribution in [3.8, 4) is 11.3 Å². The van der Waals surface area contributed by atoms with Crippen LogP contribution in [0.25, 0.3) is 11.3 Å². The van der Waals surface area contributed by atoms with E-state index in [1.807, 2.05) is 30.3 Å². The van der Waals surface area contributed by atoms with Gasteiger partial charge in [-0.25, -0.2) is 0 Å². The minimum atomic E-state index is 0.0852. The van der Waals surface area contributed by atoms with Gasteiger partial charge in [-0.1, -0.05) is 0 Å². The zero-order valence-electron chi connectivity index (χ0n) is 14.0. The molecule has 1 fully saturated rings. The molecule has 1 saturated heterocycles. The predicted octanol–water partition coefficient (Wildman–Crippen LogP) is 2.02. The number of amides is 1. The molecule has 2 aromatic heterocycles. The Kier molecular flexibility index (Phi) is 4.52. The highest BCUT2D eigenvalue weighted by Gasteiger charge is 2.29. The van der Waals surface area contributed by atoms with Crippen LogP contribution in [0.15, 0.2) is 24.5 Å². The first kappa shape index (κ1) is 15.8. The second kappa shape index (κ2) is 6.58. The van der Waals surface area contributed by atoms with Crippen LogP contribution in [0.2, 0.25) is 0 Å². The Morgan fingerprint density at radius 2 is 2.09 bits per heavy atom. The predicted molar refractivity (Wildman–Crippen MR) is 90.2 cm³/mol. The van der Waals surface area contributed by atoms with E-state index in [1.54, 1.807) is 10.9 Å². The highest BCUT2D eigenvalue weighted by Crippen LogP contribution is 2.22. The molecule has 6 nitrogen and oxygen atoms in total. The van der Waals surface area contributed by atoms with Crippen LogP contribution in [-0.4, -0.2) is 50.7 Å². The van der Waals surface area contributed by atoms with Gasteiger partial charge in [-0.05, 0) is 51.9 Å². The molecule has 2 aromatic rings. The van der Waals surface area contributed by atoms with Gasteiger partial charge < -0.3 is 15.2 Å². The summed E-state index contributed by atoms with van der Waals surface area (Å²) in [4.78, 5) is 18.3. The number of aryl methyl sites for hydroxylation is 1. The molecule has 23 heavy (non-hydrogen) atoms. The summed E-state index contributed by atoms with van der Waals surface area (Å²) in [5.74, 6) is 0.0852. The van der Waals surface area contributed by atoms with Gasteiger partial charge >= 0.3 is 0 Å². The number of carbonyl (C=O) groups excluding carboxylic acids is 1. The van der Waals surface area contributed by atoms with E-state index in [9.17, 15) is 4.79 Å². The van der Waals surface area contributed by atoms with Gasteiger partial charge in [-0.15, -0.1) is 0 Å². The van der Waals surface area contributed by atoms with Gasteiger partial charge in [0.25, 0.3) is 5.91 Å². The van der Waals surface area contributed by atoms with Crippen LogP contribution in [-0.2, 0) is 7.05 Å². The maximum atomic E-state index is 13.0. The molecule has 6 heteroatoms. The van der Waals surface area contributed by atoms with E-state index in [0.717, 1.165) is 37.2 Å². The van der Waals surface area contributed by atoms with Crippen molar-refractivity contribution in [1.82, 2.24) is 25.0 Å². The van der Waals surface area contributed by atoms with E-state index < -0.39 is 0 Å². The molecule has 1 aliphatic rings. The Morgan fingerprint density at radius 1 is 1.35 bits per heavy atom. The van der Waals surface area contributed by atoms with Crippen molar-refractivity contribution < 1.29 is 4.79 Å². The van der Waals surface area contributed by atoms with Crippen molar-refractivity contribution >= 4 is 5.91 Å². The van der Waals surface area contributed by atoms with Crippen LogP contribution in [0.5, 0.6) is 0 Å². The zero-order chi connectivity index (χ0) is 16.4. The maximum absolute atomic E-state index is 13.0. The first-order chi connectivity index (χ1) is 11.1. The van der Waals surface area contributed by atoms with Crippen LogP contribution < -0.4 is 5.32 Å². The molecule has 1 amide bonds. The third-order valence-corrected chi connectivity index (χ3v) is 4.43. The molecule has 0 atom stereocenters. The summed E-state index contributed by atoms with van der Waals surface area (Å²) >= 11 is 0. The summed E-state index contributed by atoms with van der Waals surface area (Å²) in [6.45, 7) is 6.13. The molecule has 3 rings (SSSR count). The molecule has 2 N–H and O–H groups in total. The summed E-state index contributed by atoms with van der Waals surface area (Å²) < 4.78 is 1.76. The molecule has 0 bridgehead atoms. The van der Waals surface area contributed by atoms with Crippen LogP contribution in [0.1, 0.15) is 37.2 Å². The molecular weight excluding hydrogens is 290 g/mol. The summed E-state index contributed by atoms with van der Waals surface area (Å²) in [7, 11) is 1.89. The fourth-order valence-corrected chi connectivity index (χ4v) is 3.29. The number of nitrogens with one attached hydrogen (secondary N) is 2. The number of H-pyrrole nitrogens is 1. The number of carbonyl (C=O) groups is 1. The smallest absolute Gasteiger partial charge is 0.270 e. The average molecular weight is 315 g/mol. The SMILES string of the molecule is CC(C)N(C(=O)c1ccc(-c2cnn(C)c2)[nH]1)C1CCNCC1. The molecule has 0 aromatic carbocycles. The van der Waals surface area contributed by atoms with Crippen molar-refractivity contribution in [3.63, 3.8) is 0 Å². The number of nitrogens with zero attached hydrogens (tertiary/aromatic N) is 3. The van der Waals surface area contributed by atoms with Crippen LogP contribution >= 0.6 is 0 Å². The van der Waals surface area contributed by atoms with Gasteiger partial charge in [0.05, 0.1) is 6.20 Å². The lowest BCUT2D eigenvalue weighted by molar-refractivity contribution is 0.0560. The molecule has 0 radical (unpaired) electrons. The molecule has 0 unspecified atom stereocenters. The topological polar surface area (TPSA) is 66.0 Å². The van der Waals surface area contributed by atoms with Crippen LogP contribution in [0.3, 0.4) is 0 Å². The van der Waals surface area contributed by atoms with E-state index in [1.165, 1.54) is 0 Å². The van der Waals surface area contributed by atoms with E-state index in [0.29, 0.717) is 11.7 Å². The number of rotatable bonds is 4. The Labute approximate surface area is 136 Å². The average Bonchev–Trinajstić information content (AvgIpc) is 3.16. The third kappa shape index (κ3) is 3.32. The fraction of sp³-hybridized carbons (Fsp3) is 0.529. The van der Waals surface area contributed by atoms with E-state index >= 15 is 0 Å². The van der Waals surface area contributed by atoms with Crippen molar-refractivity contribution in [2.75, 3.05) is 13.1 Å². The molecule has 0 saturated carbocycles. The van der Waals surface area contributed by atoms with Gasteiger partial charge in [0.1, 0.15) is 5.69 Å². The first-order valence-electron chi connectivity index (χ1n) is 8.27. The van der Waals surface area contributed by atoms with Crippen LogP contribution in [0, 0.1) is 0 Å². The number of aromatic nitrogens is 3. The Hall–Kier alpha value is -2.08. The van der Waals surface area contributed by atoms with Crippen molar-refractivity contribution in [1.29, 1.82) is 0 Å². The highest BCUT2D eigenvalue weighted by atomic mass is 16.2. The molecule has 3 heterocycles. The van der Waals surface area contributed by atoms with E-state index in [2.05, 4.69) is 29.2 Å². The van der Waals surface area contributed by atoms with Gasteiger partial charge in [0.2, 0.25) is 0 Å². The zero-order valence-corrected chi connectivity index (χ0v) is 14.0. The minimum Gasteiger partial charge on any atom is -0.350 e. The van der Waals surface area contributed by atoms with Gasteiger partial charge in [0.15, 0.2) is 0 Å². The van der Waals surface area contributed by atoms with Crippen molar-refractivity contribution in [2.24, 2.45) is 7.05 Å². The van der Waals surface area contributed by atoms with Gasteiger partial charge in [0, 0.05) is 36.6 Å². The molecule has 0 spiro atoms. The first-order valence-corrected chi connectivity index (χ1v) is 8.27. The lowest BCUT2D eigenvalue weighted by Gasteiger charge is -2.37. The number of hydrogen-bond acceptors (Lipinski definition) is 3. The van der Waals surface area contributed by atoms with E-state index in [-0.39, 0.29) is 11.9 Å². The van der Waals surface area contributed by atoms with Gasteiger partial charge in [-0.2, -0.15) is 5.10 Å². The monoisotopic (exact) mass is 315 g/mol. The normalized spacial score (nSPS) is 16.0. The second-order valence-corrected chi connectivity index (χ2v) is 6.48. The number of aromatic amines is 1. The minimum absolute atomic E-state index is 0.0852. The standard InChI is InChI=1S/C17H25N5O/c1-12(2)22(14-6-8-18-9-7-14)17(23)16-5-4-15(20-16)13-10-19-21(3)11-13/h4-5,10-12,14,18,20H,6-9H2,1-3H3. The highest BCUT2D eigenvalue weighted by molar-refractivity contribution is 5.93. The summed E-state index contributed by atoms with van der Waals surface area (Å²) in [5.41, 5.74) is 2.57. The van der Waals surface area contributed by atoms with Crippen molar-refractivity contribution in [3.05, 3.63) is 30.2 Å². The Bertz CT molecular complexity index is 666. The third-order valence-electron chi connectivity index (χ3n) is 4.43. The molecular formula is C17H25N5O. The summed E-state index contributed by atoms with van der Waals surface area (Å²) in [6.07, 6.45) is 5.76. The quantitative estimate of drug-likeness (QED) is 0.907. The number of hydrogen-bond donors (Lipinski definition) is 2. The maximum Gasteiger partial charge on any atom is 0.270 e. The van der Waals surface area contributed by atoms with Crippen molar-refractivity contribution in [2.45, 2.75) is 38.8 Å². The largest absolute Gasteiger partial charge is 0.350 e. The molecule has 0 aliphatic carbocycles. The second-order valence-electron chi connectivity index (χ2n) is 6.48. The summed E-state index contributed by atoms with van der Waals surface area (Å²) in [6, 6.07) is 4.33. The molecule has 124 valence electrons.